The fourth-order valence-corrected chi connectivity index (χ4v) is 3.08. The Labute approximate surface area is 137 Å². The molecule has 0 fully saturated rings. The van der Waals surface area contributed by atoms with Gasteiger partial charge >= 0.3 is 5.97 Å². The number of hydrogen-bond acceptors (Lipinski definition) is 5. The minimum atomic E-state index is -1.10. The maximum Gasteiger partial charge on any atom is 0.326 e. The molecule has 0 aromatic carbocycles. The van der Waals surface area contributed by atoms with Gasteiger partial charge in [0, 0.05) is 4.88 Å². The molecule has 124 valence electrons. The maximum absolute atomic E-state index is 12.5. The average molecular weight is 337 g/mol. The average Bonchev–Trinajstić information content (AvgIpc) is 2.85. The Morgan fingerprint density at radius 3 is 2.57 bits per heavy atom. The van der Waals surface area contributed by atoms with Crippen molar-refractivity contribution in [1.29, 1.82) is 0 Å². The topological polar surface area (TPSA) is 101 Å². The summed E-state index contributed by atoms with van der Waals surface area (Å²) in [4.78, 5) is 41.7. The van der Waals surface area contributed by atoms with E-state index in [9.17, 15) is 14.4 Å². The number of amides is 1. The first-order valence-electron chi connectivity index (χ1n) is 7.22. The summed E-state index contributed by atoms with van der Waals surface area (Å²) in [5.41, 5.74) is -0.307. The Hall–Kier alpha value is -2.22. The summed E-state index contributed by atoms with van der Waals surface area (Å²) < 4.78 is 1.23. The summed E-state index contributed by atoms with van der Waals surface area (Å²) in [5.74, 6) is -1.89. The Balaban J connectivity index is 2.31. The first-order valence-corrected chi connectivity index (χ1v) is 8.04. The lowest BCUT2D eigenvalue weighted by Crippen LogP contribution is -2.47. The van der Waals surface area contributed by atoms with Gasteiger partial charge in [-0.15, -0.1) is 11.3 Å². The molecule has 2 heterocycles. The number of aromatic nitrogens is 2. The van der Waals surface area contributed by atoms with Gasteiger partial charge in [-0.25, -0.2) is 9.78 Å². The van der Waals surface area contributed by atoms with Crippen molar-refractivity contribution in [2.24, 2.45) is 5.92 Å². The third-order valence-electron chi connectivity index (χ3n) is 3.63. The standard InChI is InChI=1S/C15H19N3O4S/c1-7(2)11(15(21)22)17-12(19)9(4)18-6-16-13-10(14(18)20)5-8(3)23-13/h5-7,9,11H,1-4H3,(H,17,19)(H,21,22). The number of carboxylic acids is 1. The molecule has 0 aliphatic carbocycles. The van der Waals surface area contributed by atoms with Crippen molar-refractivity contribution in [1.82, 2.24) is 14.9 Å². The Bertz CT molecular complexity index is 809. The number of carbonyl (C=O) groups excluding carboxylic acids is 1. The number of carbonyl (C=O) groups is 2. The quantitative estimate of drug-likeness (QED) is 0.862. The normalized spacial score (nSPS) is 14.0. The van der Waals surface area contributed by atoms with Crippen molar-refractivity contribution < 1.29 is 14.7 Å². The van der Waals surface area contributed by atoms with Crippen LogP contribution < -0.4 is 10.9 Å². The van der Waals surface area contributed by atoms with Gasteiger partial charge in [-0.3, -0.25) is 14.2 Å². The van der Waals surface area contributed by atoms with Crippen LogP contribution in [0, 0.1) is 12.8 Å². The summed E-state index contributed by atoms with van der Waals surface area (Å²) in [6, 6.07) is -0.106. The van der Waals surface area contributed by atoms with Crippen LogP contribution in [0.5, 0.6) is 0 Å². The fourth-order valence-electron chi connectivity index (χ4n) is 2.25. The fraction of sp³-hybridized carbons (Fsp3) is 0.467. The van der Waals surface area contributed by atoms with E-state index >= 15 is 0 Å². The molecule has 0 saturated heterocycles. The molecular formula is C15H19N3O4S. The lowest BCUT2D eigenvalue weighted by atomic mass is 10.0. The van der Waals surface area contributed by atoms with Crippen LogP contribution in [-0.2, 0) is 9.59 Å². The number of aryl methyl sites for hydroxylation is 1. The van der Waals surface area contributed by atoms with Gasteiger partial charge in [0.2, 0.25) is 5.91 Å². The van der Waals surface area contributed by atoms with E-state index in [1.54, 1.807) is 26.8 Å². The molecule has 2 rings (SSSR count). The van der Waals surface area contributed by atoms with E-state index in [2.05, 4.69) is 10.3 Å². The number of nitrogens with zero attached hydrogens (tertiary/aromatic N) is 2. The van der Waals surface area contributed by atoms with Crippen molar-refractivity contribution >= 4 is 33.4 Å². The van der Waals surface area contributed by atoms with Gasteiger partial charge in [-0.2, -0.15) is 0 Å². The zero-order valence-electron chi connectivity index (χ0n) is 13.4. The molecule has 0 radical (unpaired) electrons. The second-order valence-corrected chi connectivity index (χ2v) is 7.01. The Morgan fingerprint density at radius 2 is 2.00 bits per heavy atom. The van der Waals surface area contributed by atoms with Crippen LogP contribution >= 0.6 is 11.3 Å². The van der Waals surface area contributed by atoms with E-state index in [4.69, 9.17) is 5.11 Å². The van der Waals surface area contributed by atoms with Gasteiger partial charge in [0.05, 0.1) is 11.7 Å². The van der Waals surface area contributed by atoms with Gasteiger partial charge < -0.3 is 10.4 Å². The summed E-state index contributed by atoms with van der Waals surface area (Å²) in [6.45, 7) is 6.84. The van der Waals surface area contributed by atoms with E-state index in [-0.39, 0.29) is 11.5 Å². The highest BCUT2D eigenvalue weighted by Gasteiger charge is 2.27. The molecule has 8 heteroatoms. The first kappa shape index (κ1) is 17.1. The first-order chi connectivity index (χ1) is 10.7. The van der Waals surface area contributed by atoms with Crippen molar-refractivity contribution in [2.75, 3.05) is 0 Å². The monoisotopic (exact) mass is 337 g/mol. The zero-order chi connectivity index (χ0) is 17.3. The predicted molar refractivity (Wildman–Crippen MR) is 87.7 cm³/mol. The molecule has 0 aliphatic heterocycles. The predicted octanol–water partition coefficient (Wildman–Crippen LogP) is 1.55. The third-order valence-corrected chi connectivity index (χ3v) is 4.59. The SMILES string of the molecule is Cc1cc2c(=O)n(C(C)C(=O)NC(C(=O)O)C(C)C)cnc2s1. The summed E-state index contributed by atoms with van der Waals surface area (Å²) >= 11 is 1.41. The van der Waals surface area contributed by atoms with Crippen LogP contribution in [-0.4, -0.2) is 32.6 Å². The minimum absolute atomic E-state index is 0.263. The molecule has 0 saturated carbocycles. The number of nitrogens with one attached hydrogen (secondary N) is 1. The number of carboxylic acid groups (broad SMARTS) is 1. The molecule has 23 heavy (non-hydrogen) atoms. The molecule has 2 unspecified atom stereocenters. The highest BCUT2D eigenvalue weighted by Crippen LogP contribution is 2.20. The van der Waals surface area contributed by atoms with Crippen LogP contribution in [0.15, 0.2) is 17.2 Å². The van der Waals surface area contributed by atoms with Gasteiger partial charge in [0.25, 0.3) is 5.56 Å². The molecule has 2 N–H and O–H groups in total. The number of aliphatic carboxylic acids is 1. The van der Waals surface area contributed by atoms with E-state index in [1.807, 2.05) is 6.92 Å². The summed E-state index contributed by atoms with van der Waals surface area (Å²) in [7, 11) is 0. The molecule has 0 aliphatic rings. The molecule has 0 spiro atoms. The molecule has 0 bridgehead atoms. The van der Waals surface area contributed by atoms with Crippen molar-refractivity contribution in [3.63, 3.8) is 0 Å². The van der Waals surface area contributed by atoms with Crippen LogP contribution in [0.4, 0.5) is 0 Å². The van der Waals surface area contributed by atoms with Crippen LogP contribution in [0.25, 0.3) is 10.2 Å². The molecular weight excluding hydrogens is 318 g/mol. The Morgan fingerprint density at radius 1 is 1.35 bits per heavy atom. The van der Waals surface area contributed by atoms with E-state index in [0.717, 1.165) is 4.88 Å². The maximum atomic E-state index is 12.5. The number of fused-ring (bicyclic) bond motifs is 1. The number of rotatable bonds is 5. The van der Waals surface area contributed by atoms with Gasteiger partial charge in [-0.05, 0) is 25.8 Å². The third kappa shape index (κ3) is 3.42. The van der Waals surface area contributed by atoms with Crippen molar-refractivity contribution in [3.8, 4) is 0 Å². The molecule has 1 amide bonds. The highest BCUT2D eigenvalue weighted by molar-refractivity contribution is 7.18. The van der Waals surface area contributed by atoms with Crippen molar-refractivity contribution in [3.05, 3.63) is 27.6 Å². The lowest BCUT2D eigenvalue weighted by molar-refractivity contribution is -0.143. The van der Waals surface area contributed by atoms with Crippen LogP contribution in [0.2, 0.25) is 0 Å². The van der Waals surface area contributed by atoms with Gasteiger partial charge in [-0.1, -0.05) is 13.8 Å². The zero-order valence-corrected chi connectivity index (χ0v) is 14.2. The van der Waals surface area contributed by atoms with E-state index in [1.165, 1.54) is 22.2 Å². The molecule has 7 nitrogen and oxygen atoms in total. The largest absolute Gasteiger partial charge is 0.480 e. The summed E-state index contributed by atoms with van der Waals surface area (Å²) in [5, 5.41) is 12.1. The minimum Gasteiger partial charge on any atom is -0.480 e. The van der Waals surface area contributed by atoms with Gasteiger partial charge in [0.1, 0.15) is 16.9 Å². The van der Waals surface area contributed by atoms with E-state index in [0.29, 0.717) is 10.2 Å². The lowest BCUT2D eigenvalue weighted by Gasteiger charge is -2.21. The highest BCUT2D eigenvalue weighted by atomic mass is 32.1. The number of hydrogen-bond donors (Lipinski definition) is 2. The van der Waals surface area contributed by atoms with Gasteiger partial charge in [0.15, 0.2) is 0 Å². The molecule has 2 aromatic heterocycles. The Kier molecular flexibility index (Phi) is 4.84. The molecule has 2 atom stereocenters. The van der Waals surface area contributed by atoms with Crippen LogP contribution in [0.3, 0.4) is 0 Å². The van der Waals surface area contributed by atoms with Crippen molar-refractivity contribution in [2.45, 2.75) is 39.8 Å². The molecule has 2 aromatic rings. The smallest absolute Gasteiger partial charge is 0.326 e. The van der Waals surface area contributed by atoms with E-state index < -0.39 is 24.0 Å². The number of thiophene rings is 1. The summed E-state index contributed by atoms with van der Waals surface area (Å²) in [6.07, 6.45) is 1.33. The second kappa shape index (κ2) is 6.49. The second-order valence-electron chi connectivity index (χ2n) is 5.78. The van der Waals surface area contributed by atoms with Crippen LogP contribution in [0.1, 0.15) is 31.7 Å².